The number of ether oxygens (including phenoxy) is 1. The fourth-order valence-electron chi connectivity index (χ4n) is 2.83. The predicted molar refractivity (Wildman–Crippen MR) is 84.4 cm³/mol. The molecule has 1 saturated heterocycles. The molecule has 3 nitrogen and oxygen atoms in total. The van der Waals surface area contributed by atoms with Gasteiger partial charge >= 0.3 is 0 Å². The molecule has 0 radical (unpaired) electrons. The van der Waals surface area contributed by atoms with Gasteiger partial charge in [0, 0.05) is 42.2 Å². The summed E-state index contributed by atoms with van der Waals surface area (Å²) >= 11 is 6.11. The van der Waals surface area contributed by atoms with E-state index in [4.69, 9.17) is 16.3 Å². The average molecular weight is 303 g/mol. The number of hydrogen-bond acceptors (Lipinski definition) is 3. The van der Waals surface area contributed by atoms with Crippen molar-refractivity contribution in [3.8, 4) is 0 Å². The lowest BCUT2D eigenvalue weighted by atomic mass is 10.0. The van der Waals surface area contributed by atoms with Gasteiger partial charge in [0.05, 0.1) is 6.10 Å². The minimum absolute atomic E-state index is 0.0824. The van der Waals surface area contributed by atoms with Crippen LogP contribution in [0, 0.1) is 6.92 Å². The molecule has 1 aliphatic heterocycles. The Kier molecular flexibility index (Phi) is 4.54. The molecule has 1 aliphatic rings. The van der Waals surface area contributed by atoms with E-state index in [1.54, 1.807) is 6.20 Å². The fourth-order valence-corrected chi connectivity index (χ4v) is 3.15. The monoisotopic (exact) mass is 302 g/mol. The molecule has 1 fully saturated rings. The molecule has 0 bridgehead atoms. The second-order valence-corrected chi connectivity index (χ2v) is 5.93. The summed E-state index contributed by atoms with van der Waals surface area (Å²) < 4.78 is 5.86. The van der Waals surface area contributed by atoms with Gasteiger partial charge in [0.25, 0.3) is 0 Å². The van der Waals surface area contributed by atoms with Gasteiger partial charge < -0.3 is 10.1 Å². The first-order chi connectivity index (χ1) is 10.2. The van der Waals surface area contributed by atoms with E-state index in [9.17, 15) is 0 Å². The highest BCUT2D eigenvalue weighted by molar-refractivity contribution is 6.30. The Morgan fingerprint density at radius 2 is 2.29 bits per heavy atom. The first-order valence-corrected chi connectivity index (χ1v) is 7.61. The van der Waals surface area contributed by atoms with Crippen LogP contribution in [-0.2, 0) is 11.3 Å². The SMILES string of the molecule is Cc1cc(Cl)cc(CN[C@H]2CCO[C@@H]2c2cccnc2)c1. The van der Waals surface area contributed by atoms with Crippen LogP contribution in [0.3, 0.4) is 0 Å². The number of halogens is 1. The second-order valence-electron chi connectivity index (χ2n) is 5.49. The number of benzene rings is 1. The molecule has 0 amide bonds. The largest absolute Gasteiger partial charge is 0.372 e. The van der Waals surface area contributed by atoms with E-state index < -0.39 is 0 Å². The molecule has 0 spiro atoms. The molecule has 1 aromatic carbocycles. The first kappa shape index (κ1) is 14.5. The van der Waals surface area contributed by atoms with Crippen LogP contribution in [0.15, 0.2) is 42.7 Å². The fraction of sp³-hybridized carbons (Fsp3) is 0.353. The van der Waals surface area contributed by atoms with Gasteiger partial charge in [0.2, 0.25) is 0 Å². The van der Waals surface area contributed by atoms with E-state index in [-0.39, 0.29) is 6.10 Å². The summed E-state index contributed by atoms with van der Waals surface area (Å²) in [6.45, 7) is 3.64. The number of pyridine rings is 1. The van der Waals surface area contributed by atoms with E-state index >= 15 is 0 Å². The second kappa shape index (κ2) is 6.56. The van der Waals surface area contributed by atoms with Gasteiger partial charge in [-0.3, -0.25) is 4.98 Å². The number of nitrogens with zero attached hydrogens (tertiary/aromatic N) is 1. The molecule has 4 heteroatoms. The minimum Gasteiger partial charge on any atom is -0.372 e. The molecule has 3 rings (SSSR count). The number of nitrogens with one attached hydrogen (secondary N) is 1. The van der Waals surface area contributed by atoms with E-state index in [2.05, 4.69) is 29.4 Å². The van der Waals surface area contributed by atoms with Crippen molar-refractivity contribution in [2.75, 3.05) is 6.61 Å². The zero-order chi connectivity index (χ0) is 14.7. The molecule has 2 aromatic rings. The molecule has 0 aliphatic carbocycles. The van der Waals surface area contributed by atoms with Gasteiger partial charge in [-0.2, -0.15) is 0 Å². The van der Waals surface area contributed by atoms with Crippen molar-refractivity contribution >= 4 is 11.6 Å². The highest BCUT2D eigenvalue weighted by Gasteiger charge is 2.29. The van der Waals surface area contributed by atoms with Crippen LogP contribution >= 0.6 is 11.6 Å². The molecule has 2 atom stereocenters. The van der Waals surface area contributed by atoms with E-state index in [0.717, 1.165) is 30.2 Å². The first-order valence-electron chi connectivity index (χ1n) is 7.23. The Morgan fingerprint density at radius 1 is 1.38 bits per heavy atom. The molecule has 0 unspecified atom stereocenters. The Bertz CT molecular complexity index is 583. The lowest BCUT2D eigenvalue weighted by molar-refractivity contribution is 0.0982. The molecular weight excluding hydrogens is 284 g/mol. The Hall–Kier alpha value is -1.42. The molecular formula is C17H19ClN2O. The third-order valence-corrected chi connectivity index (χ3v) is 3.99. The van der Waals surface area contributed by atoms with Gasteiger partial charge in [-0.05, 0) is 42.7 Å². The van der Waals surface area contributed by atoms with Gasteiger partial charge in [-0.25, -0.2) is 0 Å². The summed E-state index contributed by atoms with van der Waals surface area (Å²) in [5.74, 6) is 0. The van der Waals surface area contributed by atoms with Crippen LogP contribution < -0.4 is 5.32 Å². The van der Waals surface area contributed by atoms with Crippen LogP contribution in [-0.4, -0.2) is 17.6 Å². The van der Waals surface area contributed by atoms with Crippen molar-refractivity contribution in [3.05, 3.63) is 64.4 Å². The zero-order valence-corrected chi connectivity index (χ0v) is 12.8. The van der Waals surface area contributed by atoms with E-state index in [1.165, 1.54) is 11.1 Å². The summed E-state index contributed by atoms with van der Waals surface area (Å²) in [5.41, 5.74) is 3.53. The van der Waals surface area contributed by atoms with E-state index in [1.807, 2.05) is 24.4 Å². The van der Waals surface area contributed by atoms with Crippen molar-refractivity contribution in [1.82, 2.24) is 10.3 Å². The normalized spacial score (nSPS) is 21.6. The lowest BCUT2D eigenvalue weighted by Gasteiger charge is -2.20. The predicted octanol–water partition coefficient (Wildman–Crippen LogP) is 3.66. The van der Waals surface area contributed by atoms with Gasteiger partial charge in [-0.1, -0.05) is 23.7 Å². The van der Waals surface area contributed by atoms with Crippen molar-refractivity contribution in [1.29, 1.82) is 0 Å². The van der Waals surface area contributed by atoms with Gasteiger partial charge in [-0.15, -0.1) is 0 Å². The quantitative estimate of drug-likeness (QED) is 0.936. The number of aromatic nitrogens is 1. The Morgan fingerprint density at radius 3 is 3.05 bits per heavy atom. The Labute approximate surface area is 130 Å². The summed E-state index contributed by atoms with van der Waals surface area (Å²) in [4.78, 5) is 4.18. The summed E-state index contributed by atoms with van der Waals surface area (Å²) in [5, 5.41) is 4.38. The summed E-state index contributed by atoms with van der Waals surface area (Å²) in [7, 11) is 0. The molecule has 21 heavy (non-hydrogen) atoms. The van der Waals surface area contributed by atoms with Crippen molar-refractivity contribution in [2.24, 2.45) is 0 Å². The molecule has 2 heterocycles. The number of hydrogen-bond donors (Lipinski definition) is 1. The smallest absolute Gasteiger partial charge is 0.0993 e. The topological polar surface area (TPSA) is 34.1 Å². The minimum atomic E-state index is 0.0824. The van der Waals surface area contributed by atoms with Crippen molar-refractivity contribution < 1.29 is 4.74 Å². The van der Waals surface area contributed by atoms with Crippen molar-refractivity contribution in [3.63, 3.8) is 0 Å². The standard InChI is InChI=1S/C17H19ClN2O/c1-12-7-13(9-15(18)8-12)10-20-16-4-6-21-17(16)14-3-2-5-19-11-14/h2-3,5,7-9,11,16-17,20H,4,6,10H2,1H3/t16-,17+/m0/s1. The zero-order valence-electron chi connectivity index (χ0n) is 12.1. The highest BCUT2D eigenvalue weighted by atomic mass is 35.5. The summed E-state index contributed by atoms with van der Waals surface area (Å²) in [6.07, 6.45) is 4.77. The molecule has 1 N–H and O–H groups in total. The van der Waals surface area contributed by atoms with Gasteiger partial charge in [0.15, 0.2) is 0 Å². The maximum Gasteiger partial charge on any atom is 0.0993 e. The summed E-state index contributed by atoms with van der Waals surface area (Å²) in [6, 6.07) is 10.5. The van der Waals surface area contributed by atoms with Crippen LogP contribution in [0.25, 0.3) is 0 Å². The maximum absolute atomic E-state index is 6.11. The lowest BCUT2D eigenvalue weighted by Crippen LogP contribution is -2.31. The average Bonchev–Trinajstić information content (AvgIpc) is 2.93. The maximum atomic E-state index is 6.11. The molecule has 0 saturated carbocycles. The third kappa shape index (κ3) is 3.62. The van der Waals surface area contributed by atoms with Crippen LogP contribution in [0.2, 0.25) is 5.02 Å². The third-order valence-electron chi connectivity index (χ3n) is 3.77. The molecule has 110 valence electrons. The Balaban J connectivity index is 1.67. The van der Waals surface area contributed by atoms with Crippen molar-refractivity contribution in [2.45, 2.75) is 32.0 Å². The number of aryl methyl sites for hydroxylation is 1. The van der Waals surface area contributed by atoms with Crippen LogP contribution in [0.4, 0.5) is 0 Å². The molecule has 1 aromatic heterocycles. The van der Waals surface area contributed by atoms with Crippen LogP contribution in [0.5, 0.6) is 0 Å². The number of rotatable bonds is 4. The highest BCUT2D eigenvalue weighted by Crippen LogP contribution is 2.28. The van der Waals surface area contributed by atoms with Gasteiger partial charge in [0.1, 0.15) is 0 Å². The van der Waals surface area contributed by atoms with Crippen LogP contribution in [0.1, 0.15) is 29.2 Å². The van der Waals surface area contributed by atoms with E-state index in [0.29, 0.717) is 6.04 Å².